The van der Waals surface area contributed by atoms with E-state index in [9.17, 15) is 9.59 Å². The first-order valence-corrected chi connectivity index (χ1v) is 5.84. The number of rotatable bonds is 3. The van der Waals surface area contributed by atoms with Gasteiger partial charge in [-0.05, 0) is 18.2 Å². The number of hydrogen-bond acceptors (Lipinski definition) is 4. The molecule has 0 saturated heterocycles. The highest BCUT2D eigenvalue weighted by molar-refractivity contribution is 6.31. The third-order valence-corrected chi connectivity index (χ3v) is 2.68. The van der Waals surface area contributed by atoms with Gasteiger partial charge in [0.1, 0.15) is 5.75 Å². The molecule has 0 spiro atoms. The average molecular weight is 270 g/mol. The Bertz CT molecular complexity index is 489. The van der Waals surface area contributed by atoms with Crippen molar-refractivity contribution >= 4 is 29.2 Å². The van der Waals surface area contributed by atoms with Crippen LogP contribution in [0.3, 0.4) is 0 Å². The molecule has 1 aliphatic heterocycles. The van der Waals surface area contributed by atoms with Crippen molar-refractivity contribution in [2.75, 3.05) is 11.9 Å². The molecule has 1 heterocycles. The van der Waals surface area contributed by atoms with Crippen molar-refractivity contribution in [3.63, 3.8) is 0 Å². The number of fused-ring (bicyclic) bond motifs is 1. The Kier molecular flexibility index (Phi) is 3.72. The van der Waals surface area contributed by atoms with Gasteiger partial charge in [-0.2, -0.15) is 0 Å². The number of hydrogen-bond donors (Lipinski definition) is 1. The van der Waals surface area contributed by atoms with Gasteiger partial charge in [0.2, 0.25) is 0 Å². The normalized spacial score (nSPS) is 17.4. The van der Waals surface area contributed by atoms with Crippen LogP contribution in [0.5, 0.6) is 5.75 Å². The van der Waals surface area contributed by atoms with Gasteiger partial charge in [-0.15, -0.1) is 0 Å². The van der Waals surface area contributed by atoms with Gasteiger partial charge in [0.05, 0.1) is 12.3 Å². The first-order chi connectivity index (χ1) is 8.56. The van der Waals surface area contributed by atoms with Crippen LogP contribution in [-0.2, 0) is 14.3 Å². The molecular formula is C12H12ClNO4. The third-order valence-electron chi connectivity index (χ3n) is 2.45. The van der Waals surface area contributed by atoms with E-state index in [0.29, 0.717) is 22.9 Å². The Labute approximate surface area is 109 Å². The number of benzene rings is 1. The lowest BCUT2D eigenvalue weighted by atomic mass is 10.2. The number of halogens is 1. The van der Waals surface area contributed by atoms with E-state index >= 15 is 0 Å². The molecule has 0 radical (unpaired) electrons. The number of nitrogens with one attached hydrogen (secondary N) is 1. The number of ether oxygens (including phenoxy) is 2. The van der Waals surface area contributed by atoms with Crippen molar-refractivity contribution in [1.82, 2.24) is 0 Å². The van der Waals surface area contributed by atoms with Crippen LogP contribution in [0, 0.1) is 0 Å². The van der Waals surface area contributed by atoms with Crippen LogP contribution in [0.4, 0.5) is 5.69 Å². The van der Waals surface area contributed by atoms with E-state index in [1.807, 2.05) is 0 Å². The number of esters is 1. The number of amides is 1. The maximum absolute atomic E-state index is 11.7. The molecule has 0 unspecified atom stereocenters. The second-order valence-corrected chi connectivity index (χ2v) is 4.30. The highest BCUT2D eigenvalue weighted by Crippen LogP contribution is 2.32. The summed E-state index contributed by atoms with van der Waals surface area (Å²) in [4.78, 5) is 22.3. The first kappa shape index (κ1) is 12.7. The summed E-state index contributed by atoms with van der Waals surface area (Å²) in [5.74, 6) is -0.0813. The summed E-state index contributed by atoms with van der Waals surface area (Å²) in [5.41, 5.74) is 0.552. The standard InChI is InChI=1S/C12H12ClNO4/c1-7(15)17-5-4-11-12(16)14-9-6-8(13)2-3-10(9)18-11/h2-3,6,11H,4-5H2,1H3,(H,14,16)/t11-/m0/s1. The second-order valence-electron chi connectivity index (χ2n) is 3.86. The summed E-state index contributed by atoms with van der Waals surface area (Å²) < 4.78 is 10.3. The van der Waals surface area contributed by atoms with Crippen LogP contribution in [0.2, 0.25) is 5.02 Å². The molecule has 1 aromatic carbocycles. The molecule has 1 aliphatic rings. The SMILES string of the molecule is CC(=O)OCC[C@@H]1Oc2ccc(Cl)cc2NC1=O. The zero-order chi connectivity index (χ0) is 13.1. The lowest BCUT2D eigenvalue weighted by Crippen LogP contribution is -2.37. The van der Waals surface area contributed by atoms with Gasteiger partial charge in [0.15, 0.2) is 6.10 Å². The Morgan fingerprint density at radius 3 is 3.06 bits per heavy atom. The van der Waals surface area contributed by atoms with Gasteiger partial charge in [0, 0.05) is 18.4 Å². The summed E-state index contributed by atoms with van der Waals surface area (Å²) >= 11 is 5.81. The Morgan fingerprint density at radius 1 is 1.56 bits per heavy atom. The Balaban J connectivity index is 2.02. The van der Waals surface area contributed by atoms with Crippen molar-refractivity contribution in [1.29, 1.82) is 0 Å². The van der Waals surface area contributed by atoms with E-state index in [1.54, 1.807) is 18.2 Å². The fourth-order valence-corrected chi connectivity index (χ4v) is 1.79. The molecule has 1 amide bonds. The fraction of sp³-hybridized carbons (Fsp3) is 0.333. The van der Waals surface area contributed by atoms with Crippen molar-refractivity contribution < 1.29 is 19.1 Å². The third kappa shape index (κ3) is 2.92. The lowest BCUT2D eigenvalue weighted by Gasteiger charge is -2.25. The zero-order valence-corrected chi connectivity index (χ0v) is 10.5. The molecule has 1 atom stereocenters. The molecule has 2 rings (SSSR count). The van der Waals surface area contributed by atoms with E-state index in [4.69, 9.17) is 21.1 Å². The molecule has 5 nitrogen and oxygen atoms in total. The fourth-order valence-electron chi connectivity index (χ4n) is 1.62. The molecule has 0 aliphatic carbocycles. The zero-order valence-electron chi connectivity index (χ0n) is 9.73. The van der Waals surface area contributed by atoms with Gasteiger partial charge in [0.25, 0.3) is 5.91 Å². The molecule has 1 aromatic rings. The maximum atomic E-state index is 11.7. The van der Waals surface area contributed by atoms with Gasteiger partial charge in [-0.25, -0.2) is 0 Å². The molecule has 1 N–H and O–H groups in total. The quantitative estimate of drug-likeness (QED) is 0.853. The van der Waals surface area contributed by atoms with Gasteiger partial charge in [-0.1, -0.05) is 11.6 Å². The molecule has 0 aromatic heterocycles. The van der Waals surface area contributed by atoms with E-state index in [2.05, 4.69) is 5.32 Å². The Hall–Kier alpha value is -1.75. The largest absolute Gasteiger partial charge is 0.478 e. The molecule has 0 bridgehead atoms. The van der Waals surface area contributed by atoms with E-state index in [0.717, 1.165) is 0 Å². The highest BCUT2D eigenvalue weighted by Gasteiger charge is 2.27. The van der Waals surface area contributed by atoms with Crippen LogP contribution in [0.25, 0.3) is 0 Å². The number of carbonyl (C=O) groups excluding carboxylic acids is 2. The Morgan fingerprint density at radius 2 is 2.33 bits per heavy atom. The minimum absolute atomic E-state index is 0.149. The molecule has 6 heteroatoms. The van der Waals surface area contributed by atoms with E-state index in [-0.39, 0.29) is 18.5 Å². The van der Waals surface area contributed by atoms with Crippen LogP contribution in [-0.4, -0.2) is 24.6 Å². The smallest absolute Gasteiger partial charge is 0.302 e. The van der Waals surface area contributed by atoms with Gasteiger partial charge < -0.3 is 14.8 Å². The van der Waals surface area contributed by atoms with Crippen LogP contribution in [0.15, 0.2) is 18.2 Å². The lowest BCUT2D eigenvalue weighted by molar-refractivity contribution is -0.142. The maximum Gasteiger partial charge on any atom is 0.302 e. The second kappa shape index (κ2) is 5.27. The van der Waals surface area contributed by atoms with Gasteiger partial charge >= 0.3 is 5.97 Å². The summed E-state index contributed by atoms with van der Waals surface area (Å²) in [6, 6.07) is 4.99. The summed E-state index contributed by atoms with van der Waals surface area (Å²) in [6.45, 7) is 1.47. The minimum atomic E-state index is -0.655. The first-order valence-electron chi connectivity index (χ1n) is 5.46. The van der Waals surface area contributed by atoms with Gasteiger partial charge in [-0.3, -0.25) is 9.59 Å². The summed E-state index contributed by atoms with van der Waals surface area (Å²) in [5, 5.41) is 3.22. The van der Waals surface area contributed by atoms with Crippen molar-refractivity contribution in [3.05, 3.63) is 23.2 Å². The van der Waals surface area contributed by atoms with Crippen molar-refractivity contribution in [3.8, 4) is 5.75 Å². The number of anilines is 1. The van der Waals surface area contributed by atoms with E-state index < -0.39 is 6.10 Å². The van der Waals surface area contributed by atoms with E-state index in [1.165, 1.54) is 6.92 Å². The van der Waals surface area contributed by atoms with Crippen molar-refractivity contribution in [2.45, 2.75) is 19.4 Å². The summed E-state index contributed by atoms with van der Waals surface area (Å²) in [7, 11) is 0. The number of carbonyl (C=O) groups is 2. The predicted octanol–water partition coefficient (Wildman–Crippen LogP) is 1.99. The monoisotopic (exact) mass is 269 g/mol. The molecule has 96 valence electrons. The predicted molar refractivity (Wildman–Crippen MR) is 65.7 cm³/mol. The van der Waals surface area contributed by atoms with Crippen LogP contribution < -0.4 is 10.1 Å². The summed E-state index contributed by atoms with van der Waals surface area (Å²) in [6.07, 6.45) is -0.342. The molecule has 18 heavy (non-hydrogen) atoms. The molecular weight excluding hydrogens is 258 g/mol. The topological polar surface area (TPSA) is 64.6 Å². The van der Waals surface area contributed by atoms with Crippen LogP contribution in [0.1, 0.15) is 13.3 Å². The average Bonchev–Trinajstić information content (AvgIpc) is 2.29. The highest BCUT2D eigenvalue weighted by atomic mass is 35.5. The van der Waals surface area contributed by atoms with Crippen LogP contribution >= 0.6 is 11.6 Å². The van der Waals surface area contributed by atoms with Crippen molar-refractivity contribution in [2.24, 2.45) is 0 Å². The minimum Gasteiger partial charge on any atom is -0.478 e. The molecule has 0 saturated carbocycles. The molecule has 0 fully saturated rings.